The van der Waals surface area contributed by atoms with Crippen molar-refractivity contribution in [3.63, 3.8) is 0 Å². The minimum absolute atomic E-state index is 0.291. The molecule has 0 aliphatic carbocycles. The van der Waals surface area contributed by atoms with Gasteiger partial charge in [-0.2, -0.15) is 0 Å². The summed E-state index contributed by atoms with van der Waals surface area (Å²) in [5, 5.41) is 0. The molecule has 1 aromatic carbocycles. The van der Waals surface area contributed by atoms with E-state index in [-0.39, 0.29) is 0 Å². The third-order valence-electron chi connectivity index (χ3n) is 3.27. The van der Waals surface area contributed by atoms with Crippen LogP contribution in [0.3, 0.4) is 0 Å². The number of imidazole rings is 1. The highest BCUT2D eigenvalue weighted by Crippen LogP contribution is 2.23. The van der Waals surface area contributed by atoms with Crippen LogP contribution in [0.2, 0.25) is 0 Å². The molecule has 0 radical (unpaired) electrons. The van der Waals surface area contributed by atoms with E-state index in [2.05, 4.69) is 33.6 Å². The summed E-state index contributed by atoms with van der Waals surface area (Å²) in [5.41, 5.74) is 8.16. The number of rotatable bonds is 1. The van der Waals surface area contributed by atoms with Gasteiger partial charge in [-0.25, -0.2) is 4.98 Å². The van der Waals surface area contributed by atoms with Gasteiger partial charge in [0.15, 0.2) is 0 Å². The second-order valence-electron chi connectivity index (χ2n) is 4.45. The van der Waals surface area contributed by atoms with Crippen molar-refractivity contribution < 1.29 is 0 Å². The topological polar surface area (TPSA) is 47.1 Å². The number of anilines is 1. The molecular weight excluding hydrogens is 200 g/mol. The molecule has 1 saturated heterocycles. The molecule has 1 aliphatic heterocycles. The second kappa shape index (κ2) is 3.49. The summed E-state index contributed by atoms with van der Waals surface area (Å²) < 4.78 is 2.15. The fourth-order valence-corrected chi connectivity index (χ4v) is 2.38. The number of para-hydroxylation sites is 2. The first kappa shape index (κ1) is 9.66. The molecule has 1 aliphatic rings. The van der Waals surface area contributed by atoms with E-state index in [1.54, 1.807) is 0 Å². The molecule has 84 valence electrons. The van der Waals surface area contributed by atoms with Gasteiger partial charge in [0.1, 0.15) is 0 Å². The van der Waals surface area contributed by atoms with E-state index < -0.39 is 0 Å². The Morgan fingerprint density at radius 3 is 2.88 bits per heavy atom. The zero-order valence-corrected chi connectivity index (χ0v) is 9.43. The van der Waals surface area contributed by atoms with Crippen molar-refractivity contribution in [3.05, 3.63) is 24.3 Å². The lowest BCUT2D eigenvalue weighted by molar-refractivity contribution is 0.747. The summed E-state index contributed by atoms with van der Waals surface area (Å²) in [6, 6.07) is 8.51. The lowest BCUT2D eigenvalue weighted by atomic mass is 10.3. The molecular formula is C12H16N4. The Bertz CT molecular complexity index is 517. The highest BCUT2D eigenvalue weighted by atomic mass is 15.3. The Hall–Kier alpha value is -1.55. The zero-order chi connectivity index (χ0) is 11.1. The van der Waals surface area contributed by atoms with Crippen LogP contribution < -0.4 is 10.6 Å². The lowest BCUT2D eigenvalue weighted by Crippen LogP contribution is -2.28. The fraction of sp³-hybridized carbons (Fsp3) is 0.417. The van der Waals surface area contributed by atoms with Gasteiger partial charge in [-0.05, 0) is 18.6 Å². The van der Waals surface area contributed by atoms with Crippen molar-refractivity contribution in [1.82, 2.24) is 9.55 Å². The van der Waals surface area contributed by atoms with E-state index >= 15 is 0 Å². The molecule has 1 aromatic heterocycles. The molecule has 16 heavy (non-hydrogen) atoms. The van der Waals surface area contributed by atoms with Gasteiger partial charge < -0.3 is 15.2 Å². The Morgan fingerprint density at radius 1 is 1.38 bits per heavy atom. The Balaban J connectivity index is 2.07. The van der Waals surface area contributed by atoms with Crippen LogP contribution in [0.4, 0.5) is 5.95 Å². The molecule has 2 heterocycles. The first-order valence-electron chi connectivity index (χ1n) is 5.67. The number of benzene rings is 1. The smallest absolute Gasteiger partial charge is 0.206 e. The highest BCUT2D eigenvalue weighted by molar-refractivity contribution is 5.78. The highest BCUT2D eigenvalue weighted by Gasteiger charge is 2.23. The van der Waals surface area contributed by atoms with Crippen molar-refractivity contribution in [2.75, 3.05) is 18.0 Å². The van der Waals surface area contributed by atoms with Gasteiger partial charge in [-0.1, -0.05) is 12.1 Å². The monoisotopic (exact) mass is 216 g/mol. The predicted octanol–water partition coefficient (Wildman–Crippen LogP) is 1.11. The number of hydrogen-bond acceptors (Lipinski definition) is 3. The SMILES string of the molecule is Cn1c(N2CCC(N)C2)nc2ccccc21. The van der Waals surface area contributed by atoms with Crippen molar-refractivity contribution in [2.24, 2.45) is 12.8 Å². The fourth-order valence-electron chi connectivity index (χ4n) is 2.38. The maximum Gasteiger partial charge on any atom is 0.206 e. The van der Waals surface area contributed by atoms with Crippen LogP contribution in [0.5, 0.6) is 0 Å². The Labute approximate surface area is 94.7 Å². The minimum Gasteiger partial charge on any atom is -0.341 e. The van der Waals surface area contributed by atoms with E-state index in [4.69, 9.17) is 5.73 Å². The van der Waals surface area contributed by atoms with E-state index in [0.29, 0.717) is 6.04 Å². The van der Waals surface area contributed by atoms with Crippen LogP contribution in [-0.2, 0) is 7.05 Å². The molecule has 0 saturated carbocycles. The first-order valence-corrected chi connectivity index (χ1v) is 5.67. The number of nitrogens with two attached hydrogens (primary N) is 1. The van der Waals surface area contributed by atoms with Crippen LogP contribution in [0.1, 0.15) is 6.42 Å². The number of aryl methyl sites for hydroxylation is 1. The second-order valence-corrected chi connectivity index (χ2v) is 4.45. The summed E-state index contributed by atoms with van der Waals surface area (Å²) in [7, 11) is 2.06. The van der Waals surface area contributed by atoms with Gasteiger partial charge >= 0.3 is 0 Å². The minimum atomic E-state index is 0.291. The number of fused-ring (bicyclic) bond motifs is 1. The quantitative estimate of drug-likeness (QED) is 0.776. The average Bonchev–Trinajstić information content (AvgIpc) is 2.84. The first-order chi connectivity index (χ1) is 7.75. The molecule has 2 N–H and O–H groups in total. The average molecular weight is 216 g/mol. The van der Waals surface area contributed by atoms with Crippen LogP contribution in [0.15, 0.2) is 24.3 Å². The van der Waals surface area contributed by atoms with Crippen LogP contribution in [-0.4, -0.2) is 28.7 Å². The number of aromatic nitrogens is 2. The maximum atomic E-state index is 5.93. The van der Waals surface area contributed by atoms with Crippen LogP contribution >= 0.6 is 0 Å². The van der Waals surface area contributed by atoms with Crippen molar-refractivity contribution in [3.8, 4) is 0 Å². The largest absolute Gasteiger partial charge is 0.341 e. The number of nitrogens with zero attached hydrogens (tertiary/aromatic N) is 3. The van der Waals surface area contributed by atoms with Crippen molar-refractivity contribution >= 4 is 17.0 Å². The van der Waals surface area contributed by atoms with Gasteiger partial charge in [0.2, 0.25) is 5.95 Å². The van der Waals surface area contributed by atoms with Gasteiger partial charge in [0, 0.05) is 26.2 Å². The molecule has 1 atom stereocenters. The summed E-state index contributed by atoms with van der Waals surface area (Å²) in [6.45, 7) is 1.93. The molecule has 4 heteroatoms. The summed E-state index contributed by atoms with van der Waals surface area (Å²) >= 11 is 0. The summed E-state index contributed by atoms with van der Waals surface area (Å²) in [6.07, 6.45) is 1.06. The van der Waals surface area contributed by atoms with Gasteiger partial charge in [-0.3, -0.25) is 0 Å². The van der Waals surface area contributed by atoms with Gasteiger partial charge in [0.25, 0.3) is 0 Å². The molecule has 3 rings (SSSR count). The standard InChI is InChI=1S/C12H16N4/c1-15-11-5-3-2-4-10(11)14-12(15)16-7-6-9(13)8-16/h2-5,9H,6-8,13H2,1H3. The molecule has 4 nitrogen and oxygen atoms in total. The van der Waals surface area contributed by atoms with E-state index in [0.717, 1.165) is 31.0 Å². The molecule has 1 unspecified atom stereocenters. The lowest BCUT2D eigenvalue weighted by Gasteiger charge is -2.16. The van der Waals surface area contributed by atoms with Gasteiger partial charge in [0.05, 0.1) is 11.0 Å². The van der Waals surface area contributed by atoms with Crippen molar-refractivity contribution in [1.29, 1.82) is 0 Å². The molecule has 0 amide bonds. The Morgan fingerprint density at radius 2 is 2.19 bits per heavy atom. The Kier molecular flexibility index (Phi) is 2.11. The van der Waals surface area contributed by atoms with E-state index in [1.165, 1.54) is 5.52 Å². The number of hydrogen-bond donors (Lipinski definition) is 1. The third kappa shape index (κ3) is 1.38. The molecule has 1 fully saturated rings. The third-order valence-corrected chi connectivity index (χ3v) is 3.27. The molecule has 0 spiro atoms. The summed E-state index contributed by atoms with van der Waals surface area (Å²) in [5.74, 6) is 1.04. The van der Waals surface area contributed by atoms with Crippen molar-refractivity contribution in [2.45, 2.75) is 12.5 Å². The zero-order valence-electron chi connectivity index (χ0n) is 9.43. The van der Waals surface area contributed by atoms with Crippen LogP contribution in [0.25, 0.3) is 11.0 Å². The maximum absolute atomic E-state index is 5.93. The van der Waals surface area contributed by atoms with E-state index in [1.807, 2.05) is 12.1 Å². The van der Waals surface area contributed by atoms with Gasteiger partial charge in [-0.15, -0.1) is 0 Å². The van der Waals surface area contributed by atoms with Crippen LogP contribution in [0, 0.1) is 0 Å². The predicted molar refractivity (Wildman–Crippen MR) is 65.5 cm³/mol. The summed E-state index contributed by atoms with van der Waals surface area (Å²) in [4.78, 5) is 6.93. The molecule has 0 bridgehead atoms. The molecule has 2 aromatic rings. The normalized spacial score (nSPS) is 20.9. The van der Waals surface area contributed by atoms with E-state index in [9.17, 15) is 0 Å².